The summed E-state index contributed by atoms with van der Waals surface area (Å²) < 4.78 is 11.1. The van der Waals surface area contributed by atoms with Crippen LogP contribution in [0.1, 0.15) is 58.3 Å². The quantitative estimate of drug-likeness (QED) is 0.600. The number of benzene rings is 1. The number of carbonyl (C=O) groups excluding carboxylic acids is 1. The van der Waals surface area contributed by atoms with Crippen LogP contribution in [0.2, 0.25) is 0 Å². The SMILES string of the molecule is CCCCCCOc1ccccc1NC(=O)OCCC1CCCCN1. The van der Waals surface area contributed by atoms with E-state index in [-0.39, 0.29) is 0 Å². The second kappa shape index (κ2) is 11.7. The van der Waals surface area contributed by atoms with E-state index in [9.17, 15) is 4.79 Å². The third-order valence-electron chi connectivity index (χ3n) is 4.49. The number of amides is 1. The van der Waals surface area contributed by atoms with Crippen molar-refractivity contribution in [2.75, 3.05) is 25.1 Å². The lowest BCUT2D eigenvalue weighted by Crippen LogP contribution is -2.35. The number of nitrogens with one attached hydrogen (secondary N) is 2. The van der Waals surface area contributed by atoms with E-state index in [2.05, 4.69) is 17.6 Å². The molecule has 2 N–H and O–H groups in total. The Labute approximate surface area is 151 Å². The van der Waals surface area contributed by atoms with Gasteiger partial charge in [-0.05, 0) is 44.4 Å². The number of rotatable bonds is 10. The zero-order chi connectivity index (χ0) is 17.7. The van der Waals surface area contributed by atoms with Crippen LogP contribution in [0.15, 0.2) is 24.3 Å². The van der Waals surface area contributed by atoms with Crippen LogP contribution in [0.5, 0.6) is 5.75 Å². The number of piperidine rings is 1. The van der Waals surface area contributed by atoms with E-state index >= 15 is 0 Å². The molecule has 1 heterocycles. The second-order valence-electron chi connectivity index (χ2n) is 6.60. The van der Waals surface area contributed by atoms with Crippen molar-refractivity contribution in [1.29, 1.82) is 0 Å². The summed E-state index contributed by atoms with van der Waals surface area (Å²) in [5, 5.41) is 6.25. The number of unbranched alkanes of at least 4 members (excludes halogenated alkanes) is 3. The molecule has 140 valence electrons. The Hall–Kier alpha value is -1.75. The lowest BCUT2D eigenvalue weighted by molar-refractivity contribution is 0.153. The minimum Gasteiger partial charge on any atom is -0.491 e. The first kappa shape index (κ1) is 19.6. The lowest BCUT2D eigenvalue weighted by Gasteiger charge is -2.23. The van der Waals surface area contributed by atoms with Gasteiger partial charge in [0.1, 0.15) is 5.75 Å². The summed E-state index contributed by atoms with van der Waals surface area (Å²) in [6.45, 7) is 4.36. The largest absolute Gasteiger partial charge is 0.491 e. The molecule has 1 amide bonds. The van der Waals surface area contributed by atoms with Crippen LogP contribution < -0.4 is 15.4 Å². The molecular weight excluding hydrogens is 316 g/mol. The van der Waals surface area contributed by atoms with Crippen LogP contribution in [0.25, 0.3) is 0 Å². The number of carbonyl (C=O) groups is 1. The number of ether oxygens (including phenoxy) is 2. The fourth-order valence-corrected chi connectivity index (χ4v) is 3.02. The van der Waals surface area contributed by atoms with Crippen LogP contribution in [0.3, 0.4) is 0 Å². The molecule has 0 radical (unpaired) electrons. The van der Waals surface area contributed by atoms with E-state index in [0.29, 0.717) is 30.7 Å². The Bertz CT molecular complexity index is 501. The van der Waals surface area contributed by atoms with E-state index in [1.165, 1.54) is 38.5 Å². The molecule has 1 fully saturated rings. The first-order chi connectivity index (χ1) is 12.3. The number of hydrogen-bond acceptors (Lipinski definition) is 4. The highest BCUT2D eigenvalue weighted by Gasteiger charge is 2.13. The molecule has 0 bridgehead atoms. The van der Waals surface area contributed by atoms with Gasteiger partial charge in [-0.25, -0.2) is 4.79 Å². The molecule has 0 aliphatic carbocycles. The summed E-state index contributed by atoms with van der Waals surface area (Å²) in [6.07, 6.45) is 8.75. The molecule has 1 atom stereocenters. The van der Waals surface area contributed by atoms with Gasteiger partial charge >= 0.3 is 6.09 Å². The van der Waals surface area contributed by atoms with Gasteiger partial charge in [0, 0.05) is 6.04 Å². The monoisotopic (exact) mass is 348 g/mol. The molecule has 1 unspecified atom stereocenters. The first-order valence-electron chi connectivity index (χ1n) is 9.68. The Balaban J connectivity index is 1.70. The summed E-state index contributed by atoms with van der Waals surface area (Å²) in [5.74, 6) is 0.699. The summed E-state index contributed by atoms with van der Waals surface area (Å²) in [6, 6.07) is 7.98. The Kier molecular flexibility index (Phi) is 9.19. The number of para-hydroxylation sites is 2. The van der Waals surface area contributed by atoms with E-state index in [1.807, 2.05) is 24.3 Å². The zero-order valence-corrected chi connectivity index (χ0v) is 15.4. The molecule has 5 heteroatoms. The highest BCUT2D eigenvalue weighted by Crippen LogP contribution is 2.24. The van der Waals surface area contributed by atoms with Crippen molar-refractivity contribution in [3.05, 3.63) is 24.3 Å². The predicted molar refractivity (Wildman–Crippen MR) is 101 cm³/mol. The van der Waals surface area contributed by atoms with E-state index in [1.54, 1.807) is 0 Å². The van der Waals surface area contributed by atoms with E-state index < -0.39 is 6.09 Å². The van der Waals surface area contributed by atoms with Gasteiger partial charge in [0.15, 0.2) is 0 Å². The van der Waals surface area contributed by atoms with Crippen molar-refractivity contribution in [3.63, 3.8) is 0 Å². The normalized spacial score (nSPS) is 17.1. The van der Waals surface area contributed by atoms with Gasteiger partial charge in [-0.2, -0.15) is 0 Å². The smallest absolute Gasteiger partial charge is 0.411 e. The van der Waals surface area contributed by atoms with Gasteiger partial charge in [-0.15, -0.1) is 0 Å². The van der Waals surface area contributed by atoms with Crippen molar-refractivity contribution in [3.8, 4) is 5.75 Å². The molecule has 1 aromatic carbocycles. The third-order valence-corrected chi connectivity index (χ3v) is 4.49. The van der Waals surface area contributed by atoms with Gasteiger partial charge < -0.3 is 14.8 Å². The number of hydrogen-bond donors (Lipinski definition) is 2. The minimum atomic E-state index is -0.419. The minimum absolute atomic E-state index is 0.419. The van der Waals surface area contributed by atoms with Crippen molar-refractivity contribution >= 4 is 11.8 Å². The zero-order valence-electron chi connectivity index (χ0n) is 15.4. The van der Waals surface area contributed by atoms with Gasteiger partial charge in [-0.3, -0.25) is 5.32 Å². The first-order valence-corrected chi connectivity index (χ1v) is 9.68. The molecule has 1 aliphatic heterocycles. The van der Waals surface area contributed by atoms with Crippen LogP contribution in [-0.4, -0.2) is 31.9 Å². The molecule has 0 saturated carbocycles. The molecule has 2 rings (SSSR count). The fraction of sp³-hybridized carbons (Fsp3) is 0.650. The second-order valence-corrected chi connectivity index (χ2v) is 6.60. The van der Waals surface area contributed by atoms with Crippen molar-refractivity contribution in [2.45, 2.75) is 64.3 Å². The van der Waals surface area contributed by atoms with E-state index in [4.69, 9.17) is 9.47 Å². The average molecular weight is 348 g/mol. The van der Waals surface area contributed by atoms with Crippen LogP contribution in [-0.2, 0) is 4.74 Å². The lowest BCUT2D eigenvalue weighted by atomic mass is 10.0. The average Bonchev–Trinajstić information content (AvgIpc) is 2.64. The summed E-state index contributed by atoms with van der Waals surface area (Å²) >= 11 is 0. The van der Waals surface area contributed by atoms with Crippen molar-refractivity contribution in [1.82, 2.24) is 5.32 Å². The Morgan fingerprint density at radius 1 is 1.20 bits per heavy atom. The molecular formula is C20H32N2O3. The van der Waals surface area contributed by atoms with Gasteiger partial charge in [-0.1, -0.05) is 44.7 Å². The molecule has 0 spiro atoms. The summed E-state index contributed by atoms with van der Waals surface area (Å²) in [5.41, 5.74) is 0.666. The van der Waals surface area contributed by atoms with Gasteiger partial charge in [0.2, 0.25) is 0 Å². The highest BCUT2D eigenvalue weighted by atomic mass is 16.5. The summed E-state index contributed by atoms with van der Waals surface area (Å²) in [7, 11) is 0. The molecule has 1 aliphatic rings. The van der Waals surface area contributed by atoms with Crippen LogP contribution in [0, 0.1) is 0 Å². The third kappa shape index (κ3) is 7.78. The predicted octanol–water partition coefficient (Wildman–Crippen LogP) is 4.73. The standard InChI is InChI=1S/C20H32N2O3/c1-2-3-4-9-15-24-19-12-6-5-11-18(19)22-20(23)25-16-13-17-10-7-8-14-21-17/h5-6,11-12,17,21H,2-4,7-10,13-16H2,1H3,(H,22,23). The van der Waals surface area contributed by atoms with Crippen molar-refractivity contribution < 1.29 is 14.3 Å². The maximum absolute atomic E-state index is 12.0. The topological polar surface area (TPSA) is 59.6 Å². The van der Waals surface area contributed by atoms with Gasteiger partial charge in [0.25, 0.3) is 0 Å². The van der Waals surface area contributed by atoms with Crippen LogP contribution >= 0.6 is 0 Å². The molecule has 5 nitrogen and oxygen atoms in total. The molecule has 25 heavy (non-hydrogen) atoms. The maximum Gasteiger partial charge on any atom is 0.411 e. The van der Waals surface area contributed by atoms with Gasteiger partial charge in [0.05, 0.1) is 18.9 Å². The molecule has 1 saturated heterocycles. The number of anilines is 1. The van der Waals surface area contributed by atoms with Crippen molar-refractivity contribution in [2.24, 2.45) is 0 Å². The molecule has 0 aromatic heterocycles. The molecule has 1 aromatic rings. The Morgan fingerprint density at radius 3 is 2.88 bits per heavy atom. The maximum atomic E-state index is 12.0. The van der Waals surface area contributed by atoms with Crippen LogP contribution in [0.4, 0.5) is 10.5 Å². The highest BCUT2D eigenvalue weighted by molar-refractivity contribution is 5.86. The van der Waals surface area contributed by atoms with E-state index in [0.717, 1.165) is 19.4 Å². The summed E-state index contributed by atoms with van der Waals surface area (Å²) in [4.78, 5) is 12.0. The fourth-order valence-electron chi connectivity index (χ4n) is 3.02. The Morgan fingerprint density at radius 2 is 2.08 bits per heavy atom.